The third kappa shape index (κ3) is 0.795. The largest absolute Gasteiger partial charge is 0.301 e. The Bertz CT molecular complexity index is 311. The molecule has 0 radical (unpaired) electrons. The summed E-state index contributed by atoms with van der Waals surface area (Å²) < 4.78 is 13.1. The molecule has 0 aromatic carbocycles. The molecule has 0 amide bonds. The fourth-order valence-electron chi connectivity index (χ4n) is 0.831. The molecule has 0 fully saturated rings. The van der Waals surface area contributed by atoms with E-state index in [1.54, 1.807) is 0 Å². The average Bonchev–Trinajstić information content (AvgIpc) is 2.34. The van der Waals surface area contributed by atoms with E-state index in [0.717, 1.165) is 6.34 Å². The van der Waals surface area contributed by atoms with Gasteiger partial charge in [0.1, 0.15) is 12.7 Å². The van der Waals surface area contributed by atoms with E-state index in [4.69, 9.17) is 5.73 Å². The standard InChI is InChI=1S/C5H4FN5/c6-5(7)3-4(9-1-8-3)10-2-11-5/h1-2H,7H2. The molecular formula is C5H4FN5. The van der Waals surface area contributed by atoms with Crippen LogP contribution in [0.5, 0.6) is 0 Å². The summed E-state index contributed by atoms with van der Waals surface area (Å²) in [4.78, 5) is 14.2. The van der Waals surface area contributed by atoms with E-state index in [0.29, 0.717) is 0 Å². The predicted octanol–water partition coefficient (Wildman–Crippen LogP) is -0.508. The molecule has 2 aliphatic heterocycles. The zero-order chi connectivity index (χ0) is 7.90. The normalized spacial score (nSPS) is 33.3. The van der Waals surface area contributed by atoms with Gasteiger partial charge in [0.2, 0.25) is 0 Å². The molecule has 2 aliphatic rings. The highest BCUT2D eigenvalue weighted by Gasteiger charge is 2.37. The van der Waals surface area contributed by atoms with E-state index in [-0.39, 0.29) is 11.5 Å². The summed E-state index contributed by atoms with van der Waals surface area (Å²) in [5.74, 6) is -2.06. The van der Waals surface area contributed by atoms with Gasteiger partial charge in [0.25, 0.3) is 0 Å². The highest BCUT2D eigenvalue weighted by molar-refractivity contribution is 6.50. The Kier molecular flexibility index (Phi) is 1.02. The van der Waals surface area contributed by atoms with Crippen LogP contribution in [0.15, 0.2) is 20.0 Å². The van der Waals surface area contributed by atoms with Gasteiger partial charge in [0.15, 0.2) is 11.5 Å². The second kappa shape index (κ2) is 1.79. The molecule has 5 nitrogen and oxygen atoms in total. The summed E-state index contributed by atoms with van der Waals surface area (Å²) in [6.07, 6.45) is 2.24. The number of amidine groups is 1. The van der Waals surface area contributed by atoms with Crippen molar-refractivity contribution in [2.45, 2.75) is 5.92 Å². The van der Waals surface area contributed by atoms with Crippen LogP contribution in [0.2, 0.25) is 0 Å². The van der Waals surface area contributed by atoms with Gasteiger partial charge in [0.05, 0.1) is 0 Å². The molecule has 0 spiro atoms. The van der Waals surface area contributed by atoms with Crippen molar-refractivity contribution in [1.29, 1.82) is 0 Å². The van der Waals surface area contributed by atoms with E-state index in [1.165, 1.54) is 6.34 Å². The Morgan fingerprint density at radius 3 is 2.91 bits per heavy atom. The number of aliphatic imine (C=N–C) groups is 4. The van der Waals surface area contributed by atoms with Gasteiger partial charge in [-0.05, 0) is 0 Å². The van der Waals surface area contributed by atoms with Gasteiger partial charge in [0, 0.05) is 0 Å². The Morgan fingerprint density at radius 1 is 1.36 bits per heavy atom. The third-order valence-electron chi connectivity index (χ3n) is 1.34. The van der Waals surface area contributed by atoms with Crippen LogP contribution in [-0.4, -0.2) is 30.1 Å². The van der Waals surface area contributed by atoms with Gasteiger partial charge in [-0.25, -0.2) is 20.0 Å². The molecule has 2 N–H and O–H groups in total. The maximum Gasteiger partial charge on any atom is 0.301 e. The van der Waals surface area contributed by atoms with Crippen LogP contribution < -0.4 is 5.73 Å². The molecule has 2 heterocycles. The Labute approximate surface area is 61.3 Å². The van der Waals surface area contributed by atoms with Gasteiger partial charge in [-0.1, -0.05) is 0 Å². The van der Waals surface area contributed by atoms with Gasteiger partial charge in [-0.2, -0.15) is 4.39 Å². The zero-order valence-corrected chi connectivity index (χ0v) is 5.40. The van der Waals surface area contributed by atoms with Crippen LogP contribution in [0.4, 0.5) is 4.39 Å². The van der Waals surface area contributed by atoms with Crippen LogP contribution in [0, 0.1) is 0 Å². The molecule has 1 unspecified atom stereocenters. The van der Waals surface area contributed by atoms with E-state index in [2.05, 4.69) is 20.0 Å². The molecular weight excluding hydrogens is 149 g/mol. The molecule has 0 bridgehead atoms. The van der Waals surface area contributed by atoms with Crippen LogP contribution in [0.3, 0.4) is 0 Å². The Hall–Kier alpha value is -1.43. The summed E-state index contributed by atoms with van der Waals surface area (Å²) in [6.45, 7) is 0. The minimum Gasteiger partial charge on any atom is -0.275 e. The van der Waals surface area contributed by atoms with Crippen LogP contribution in [-0.2, 0) is 0 Å². The maximum atomic E-state index is 13.1. The topological polar surface area (TPSA) is 75.5 Å². The Balaban J connectivity index is 2.51. The molecule has 0 saturated heterocycles. The maximum absolute atomic E-state index is 13.1. The predicted molar refractivity (Wildman–Crippen MR) is 39.9 cm³/mol. The molecule has 2 rings (SSSR count). The molecule has 6 heteroatoms. The van der Waals surface area contributed by atoms with E-state index < -0.39 is 5.92 Å². The summed E-state index contributed by atoms with van der Waals surface area (Å²) in [6, 6.07) is 0. The lowest BCUT2D eigenvalue weighted by molar-refractivity contribution is 0.283. The molecule has 0 aromatic rings. The number of fused-ring (bicyclic) bond motifs is 1. The van der Waals surface area contributed by atoms with Crippen molar-refractivity contribution in [3.05, 3.63) is 0 Å². The first-order chi connectivity index (χ1) is 5.20. The van der Waals surface area contributed by atoms with Gasteiger partial charge >= 0.3 is 5.92 Å². The van der Waals surface area contributed by atoms with Crippen LogP contribution >= 0.6 is 0 Å². The summed E-state index contributed by atoms with van der Waals surface area (Å²) in [7, 11) is 0. The minimum absolute atomic E-state index is 0.0278. The molecule has 11 heavy (non-hydrogen) atoms. The quantitative estimate of drug-likeness (QED) is 0.467. The number of halogens is 1. The molecule has 56 valence electrons. The van der Waals surface area contributed by atoms with Crippen LogP contribution in [0.25, 0.3) is 0 Å². The number of rotatable bonds is 0. The fourth-order valence-corrected chi connectivity index (χ4v) is 0.831. The van der Waals surface area contributed by atoms with Crippen LogP contribution in [0.1, 0.15) is 0 Å². The van der Waals surface area contributed by atoms with Crippen molar-refractivity contribution in [3.63, 3.8) is 0 Å². The van der Waals surface area contributed by atoms with Crippen molar-refractivity contribution in [2.24, 2.45) is 25.7 Å². The molecule has 0 aliphatic carbocycles. The molecule has 1 atom stereocenters. The fraction of sp³-hybridized carbons (Fsp3) is 0.200. The van der Waals surface area contributed by atoms with Crippen molar-refractivity contribution >= 4 is 24.2 Å². The second-order valence-electron chi connectivity index (χ2n) is 2.09. The van der Waals surface area contributed by atoms with Gasteiger partial charge in [-0.3, -0.25) is 5.73 Å². The average molecular weight is 153 g/mol. The number of hydrogen-bond acceptors (Lipinski definition) is 5. The minimum atomic E-state index is -2.26. The lowest BCUT2D eigenvalue weighted by Crippen LogP contribution is -2.46. The Morgan fingerprint density at radius 2 is 2.18 bits per heavy atom. The summed E-state index contributed by atoms with van der Waals surface area (Å²) in [5.41, 5.74) is 5.08. The summed E-state index contributed by atoms with van der Waals surface area (Å²) in [5, 5.41) is 0. The first-order valence-electron chi connectivity index (χ1n) is 2.90. The van der Waals surface area contributed by atoms with Gasteiger partial charge < -0.3 is 0 Å². The number of nitrogens with two attached hydrogens (primary N) is 1. The SMILES string of the molecule is NC1(F)N=CN=C2N=CN=C21. The first-order valence-corrected chi connectivity index (χ1v) is 2.90. The summed E-state index contributed by atoms with van der Waals surface area (Å²) >= 11 is 0. The number of alkyl halides is 1. The van der Waals surface area contributed by atoms with Crippen molar-refractivity contribution < 1.29 is 4.39 Å². The zero-order valence-electron chi connectivity index (χ0n) is 5.40. The lowest BCUT2D eigenvalue weighted by atomic mass is 10.2. The van der Waals surface area contributed by atoms with Crippen molar-refractivity contribution in [2.75, 3.05) is 0 Å². The van der Waals surface area contributed by atoms with Crippen molar-refractivity contribution in [3.8, 4) is 0 Å². The number of nitrogens with zero attached hydrogens (tertiary/aromatic N) is 4. The molecule has 0 saturated carbocycles. The smallest absolute Gasteiger partial charge is 0.275 e. The van der Waals surface area contributed by atoms with E-state index in [9.17, 15) is 4.39 Å². The third-order valence-corrected chi connectivity index (χ3v) is 1.34. The van der Waals surface area contributed by atoms with E-state index >= 15 is 0 Å². The first kappa shape index (κ1) is 6.29. The highest BCUT2D eigenvalue weighted by atomic mass is 19.1. The van der Waals surface area contributed by atoms with Gasteiger partial charge in [-0.15, -0.1) is 0 Å². The monoisotopic (exact) mass is 153 g/mol. The lowest BCUT2D eigenvalue weighted by Gasteiger charge is -2.16. The highest BCUT2D eigenvalue weighted by Crippen LogP contribution is 2.15. The second-order valence-corrected chi connectivity index (χ2v) is 2.09. The number of hydrogen-bond donors (Lipinski definition) is 1. The molecule has 0 aromatic heterocycles. The van der Waals surface area contributed by atoms with Crippen molar-refractivity contribution in [1.82, 2.24) is 0 Å². The van der Waals surface area contributed by atoms with E-state index in [1.807, 2.05) is 0 Å².